The summed E-state index contributed by atoms with van der Waals surface area (Å²) in [5, 5.41) is 3.07. The van der Waals surface area contributed by atoms with Crippen molar-refractivity contribution < 1.29 is 14.3 Å². The number of nitrogens with one attached hydrogen (secondary N) is 1. The summed E-state index contributed by atoms with van der Waals surface area (Å²) in [6.45, 7) is 8.86. The first-order valence-corrected chi connectivity index (χ1v) is 8.35. The zero-order valence-corrected chi connectivity index (χ0v) is 15.9. The highest BCUT2D eigenvalue weighted by molar-refractivity contribution is 9.11. The summed E-state index contributed by atoms with van der Waals surface area (Å²) >= 11 is 6.97. The number of halogens is 2. The first-order valence-electron chi connectivity index (χ1n) is 6.76. The molecule has 21 heavy (non-hydrogen) atoms. The molecule has 1 N–H and O–H groups in total. The number of ether oxygens (including phenoxy) is 2. The Labute approximate surface area is 142 Å². The van der Waals surface area contributed by atoms with Gasteiger partial charge >= 0.3 is 5.97 Å². The van der Waals surface area contributed by atoms with Crippen molar-refractivity contribution in [2.75, 3.05) is 13.2 Å². The molecule has 0 radical (unpaired) electrons. The third-order valence-corrected chi connectivity index (χ3v) is 3.54. The van der Waals surface area contributed by atoms with Gasteiger partial charge in [-0.05, 0) is 77.3 Å². The van der Waals surface area contributed by atoms with E-state index in [0.717, 1.165) is 20.3 Å². The van der Waals surface area contributed by atoms with Crippen molar-refractivity contribution >= 4 is 37.8 Å². The third-order valence-electron chi connectivity index (χ3n) is 2.37. The second kappa shape index (κ2) is 8.15. The molecule has 0 aliphatic rings. The van der Waals surface area contributed by atoms with Crippen LogP contribution in [0.2, 0.25) is 0 Å². The van der Waals surface area contributed by atoms with Crippen LogP contribution in [-0.4, -0.2) is 24.7 Å². The Kier molecular flexibility index (Phi) is 7.16. The Hall–Kier alpha value is -0.590. The average Bonchev–Trinajstić information content (AvgIpc) is 2.31. The van der Waals surface area contributed by atoms with Gasteiger partial charge in [0, 0.05) is 6.54 Å². The van der Waals surface area contributed by atoms with Gasteiger partial charge in [0.25, 0.3) is 0 Å². The lowest BCUT2D eigenvalue weighted by molar-refractivity contribution is -0.153. The maximum Gasteiger partial charge on any atom is 0.320 e. The summed E-state index contributed by atoms with van der Waals surface area (Å²) in [6, 6.07) is 3.94. The van der Waals surface area contributed by atoms with Crippen molar-refractivity contribution in [2.45, 2.75) is 39.8 Å². The van der Waals surface area contributed by atoms with E-state index in [1.54, 1.807) is 0 Å². The smallest absolute Gasteiger partial charge is 0.320 e. The lowest BCUT2D eigenvalue weighted by Crippen LogP contribution is -2.31. The van der Waals surface area contributed by atoms with E-state index in [-0.39, 0.29) is 12.5 Å². The fourth-order valence-corrected chi connectivity index (χ4v) is 3.19. The molecule has 4 nitrogen and oxygen atoms in total. The fraction of sp³-hybridized carbons (Fsp3) is 0.533. The molecule has 1 aromatic carbocycles. The second-order valence-electron chi connectivity index (χ2n) is 5.51. The van der Waals surface area contributed by atoms with Crippen molar-refractivity contribution in [2.24, 2.45) is 0 Å². The number of hydrogen-bond acceptors (Lipinski definition) is 4. The molecular formula is C15H21Br2NO3. The Morgan fingerprint density at radius 2 is 1.81 bits per heavy atom. The Morgan fingerprint density at radius 3 is 2.29 bits per heavy atom. The molecular weight excluding hydrogens is 402 g/mol. The Morgan fingerprint density at radius 1 is 1.24 bits per heavy atom. The Balaban J connectivity index is 2.55. The molecule has 0 spiro atoms. The number of rotatable bonds is 6. The number of carbonyl (C=O) groups excluding carboxylic acids is 1. The molecule has 0 heterocycles. The minimum atomic E-state index is -0.454. The van der Waals surface area contributed by atoms with Gasteiger partial charge in [-0.25, -0.2) is 0 Å². The van der Waals surface area contributed by atoms with E-state index < -0.39 is 5.60 Å². The lowest BCUT2D eigenvalue weighted by Gasteiger charge is -2.19. The van der Waals surface area contributed by atoms with Crippen molar-refractivity contribution in [1.29, 1.82) is 0 Å². The molecule has 0 saturated heterocycles. The van der Waals surface area contributed by atoms with Crippen LogP contribution in [-0.2, 0) is 16.1 Å². The van der Waals surface area contributed by atoms with Crippen LogP contribution in [0.4, 0.5) is 0 Å². The largest absolute Gasteiger partial charge is 0.492 e. The van der Waals surface area contributed by atoms with Gasteiger partial charge in [0.15, 0.2) is 0 Å². The van der Waals surface area contributed by atoms with Crippen LogP contribution in [0.5, 0.6) is 5.75 Å². The fourth-order valence-electron chi connectivity index (χ4n) is 1.68. The number of benzene rings is 1. The van der Waals surface area contributed by atoms with E-state index in [1.807, 2.05) is 39.8 Å². The molecule has 0 unspecified atom stereocenters. The van der Waals surface area contributed by atoms with E-state index in [9.17, 15) is 4.79 Å². The maximum atomic E-state index is 11.6. The first kappa shape index (κ1) is 18.5. The summed E-state index contributed by atoms with van der Waals surface area (Å²) in [5.74, 6) is 0.528. The minimum absolute atomic E-state index is 0.180. The monoisotopic (exact) mass is 421 g/mol. The second-order valence-corrected chi connectivity index (χ2v) is 7.22. The van der Waals surface area contributed by atoms with Gasteiger partial charge in [-0.15, -0.1) is 0 Å². The molecule has 0 aliphatic heterocycles. The van der Waals surface area contributed by atoms with Gasteiger partial charge < -0.3 is 14.8 Å². The summed E-state index contributed by atoms with van der Waals surface area (Å²) in [4.78, 5) is 11.6. The van der Waals surface area contributed by atoms with Gasteiger partial charge in [0.1, 0.15) is 11.4 Å². The van der Waals surface area contributed by atoms with Gasteiger partial charge in [-0.3, -0.25) is 4.79 Å². The minimum Gasteiger partial charge on any atom is -0.492 e. The molecule has 118 valence electrons. The van der Waals surface area contributed by atoms with E-state index in [4.69, 9.17) is 9.47 Å². The molecule has 0 aliphatic carbocycles. The van der Waals surface area contributed by atoms with Crippen molar-refractivity contribution in [1.82, 2.24) is 5.32 Å². The SMILES string of the molecule is CCOc1c(Br)cc(CNCC(=O)OC(C)(C)C)cc1Br. The summed E-state index contributed by atoms with van der Waals surface area (Å²) in [5.41, 5.74) is 0.588. The average molecular weight is 423 g/mol. The van der Waals surface area contributed by atoms with E-state index in [2.05, 4.69) is 37.2 Å². The maximum absolute atomic E-state index is 11.6. The molecule has 0 saturated carbocycles. The van der Waals surface area contributed by atoms with Crippen LogP contribution < -0.4 is 10.1 Å². The highest BCUT2D eigenvalue weighted by Crippen LogP contribution is 2.34. The molecule has 6 heteroatoms. The van der Waals surface area contributed by atoms with Crippen LogP contribution in [0.3, 0.4) is 0 Å². The van der Waals surface area contributed by atoms with Gasteiger partial charge in [-0.1, -0.05) is 0 Å². The van der Waals surface area contributed by atoms with Gasteiger partial charge in [-0.2, -0.15) is 0 Å². The Bertz CT molecular complexity index is 475. The van der Waals surface area contributed by atoms with Crippen molar-refractivity contribution in [3.8, 4) is 5.75 Å². The third kappa shape index (κ3) is 6.80. The highest BCUT2D eigenvalue weighted by Gasteiger charge is 2.15. The summed E-state index contributed by atoms with van der Waals surface area (Å²) in [7, 11) is 0. The van der Waals surface area contributed by atoms with E-state index in [1.165, 1.54) is 0 Å². The topological polar surface area (TPSA) is 47.6 Å². The van der Waals surface area contributed by atoms with Crippen LogP contribution in [0, 0.1) is 0 Å². The van der Waals surface area contributed by atoms with Crippen LogP contribution in [0.15, 0.2) is 21.1 Å². The first-order chi connectivity index (χ1) is 9.73. The lowest BCUT2D eigenvalue weighted by atomic mass is 10.2. The molecule has 1 aromatic rings. The number of esters is 1. The summed E-state index contributed by atoms with van der Waals surface area (Å²) < 4.78 is 12.5. The highest BCUT2D eigenvalue weighted by atomic mass is 79.9. The normalized spacial score (nSPS) is 11.3. The van der Waals surface area contributed by atoms with Gasteiger partial charge in [0.05, 0.1) is 22.1 Å². The zero-order chi connectivity index (χ0) is 16.0. The van der Waals surface area contributed by atoms with Gasteiger partial charge in [0.2, 0.25) is 0 Å². The number of carbonyl (C=O) groups is 1. The van der Waals surface area contributed by atoms with E-state index in [0.29, 0.717) is 13.2 Å². The predicted molar refractivity (Wildman–Crippen MR) is 90.6 cm³/mol. The standard InChI is InChI=1S/C15H21Br2NO3/c1-5-20-14-11(16)6-10(7-12(14)17)8-18-9-13(19)21-15(2,3)4/h6-7,18H,5,8-9H2,1-4H3. The molecule has 0 amide bonds. The van der Waals surface area contributed by atoms with Crippen molar-refractivity contribution in [3.05, 3.63) is 26.6 Å². The molecule has 0 fully saturated rings. The zero-order valence-electron chi connectivity index (χ0n) is 12.8. The molecule has 0 atom stereocenters. The van der Waals surface area contributed by atoms with Crippen LogP contribution >= 0.6 is 31.9 Å². The van der Waals surface area contributed by atoms with E-state index >= 15 is 0 Å². The predicted octanol–water partition coefficient (Wildman–Crippen LogP) is 4.04. The van der Waals surface area contributed by atoms with Crippen LogP contribution in [0.25, 0.3) is 0 Å². The number of hydrogen-bond donors (Lipinski definition) is 1. The quantitative estimate of drug-likeness (QED) is 0.702. The molecule has 0 bridgehead atoms. The summed E-state index contributed by atoms with van der Waals surface area (Å²) in [6.07, 6.45) is 0. The van der Waals surface area contributed by atoms with Crippen molar-refractivity contribution in [3.63, 3.8) is 0 Å². The molecule has 1 rings (SSSR count). The van der Waals surface area contributed by atoms with Crippen LogP contribution in [0.1, 0.15) is 33.3 Å². The molecule has 0 aromatic heterocycles.